The molecule has 3 atom stereocenters. The lowest BCUT2D eigenvalue weighted by Gasteiger charge is -2.06. The topological polar surface area (TPSA) is 20.2 Å². The first kappa shape index (κ1) is 9.69. The number of aliphatic hydroxyl groups is 1. The van der Waals surface area contributed by atoms with Crippen LogP contribution in [0.3, 0.4) is 0 Å². The highest BCUT2D eigenvalue weighted by atomic mass is 79.9. The van der Waals surface area contributed by atoms with Crippen LogP contribution in [0.5, 0.6) is 0 Å². The Kier molecular flexibility index (Phi) is 2.77. The molecule has 72 valence electrons. The van der Waals surface area contributed by atoms with Crippen LogP contribution in [0.4, 0.5) is 0 Å². The maximum Gasteiger partial charge on any atom is 0.0701 e. The molecule has 0 aliphatic heterocycles. The van der Waals surface area contributed by atoms with Crippen LogP contribution >= 0.6 is 27.3 Å². The predicted octanol–water partition coefficient (Wildman–Crippen LogP) is 3.07. The van der Waals surface area contributed by atoms with Crippen LogP contribution in [-0.2, 0) is 6.42 Å². The van der Waals surface area contributed by atoms with Gasteiger partial charge in [0.05, 0.1) is 9.89 Å². The van der Waals surface area contributed by atoms with Gasteiger partial charge in [-0.2, -0.15) is 0 Å². The fourth-order valence-corrected chi connectivity index (χ4v) is 3.24. The second-order valence-corrected chi connectivity index (χ2v) is 6.40. The average Bonchev–Trinajstić information content (AvgIpc) is 2.66. The van der Waals surface area contributed by atoms with Gasteiger partial charge < -0.3 is 5.11 Å². The summed E-state index contributed by atoms with van der Waals surface area (Å²) in [5, 5.41) is 9.81. The molecule has 3 heteroatoms. The molecule has 1 aliphatic rings. The van der Waals surface area contributed by atoms with Crippen molar-refractivity contribution in [1.82, 2.24) is 0 Å². The van der Waals surface area contributed by atoms with Crippen LogP contribution in [0.15, 0.2) is 15.9 Å². The molecule has 1 nitrogen and oxygen atoms in total. The summed E-state index contributed by atoms with van der Waals surface area (Å²) in [6.07, 6.45) is 1.90. The first-order chi connectivity index (χ1) is 6.16. The van der Waals surface area contributed by atoms with E-state index in [-0.39, 0.29) is 6.10 Å². The van der Waals surface area contributed by atoms with Gasteiger partial charge in [-0.3, -0.25) is 0 Å². The summed E-state index contributed by atoms with van der Waals surface area (Å²) < 4.78 is 1.15. The second kappa shape index (κ2) is 3.71. The minimum absolute atomic E-state index is 0.124. The predicted molar refractivity (Wildman–Crippen MR) is 59.0 cm³/mol. The summed E-state index contributed by atoms with van der Waals surface area (Å²) in [7, 11) is 0. The largest absolute Gasteiger partial charge is 0.392 e. The van der Waals surface area contributed by atoms with E-state index in [0.29, 0.717) is 5.92 Å². The minimum atomic E-state index is -0.124. The molecule has 0 amide bonds. The van der Waals surface area contributed by atoms with Crippen molar-refractivity contribution >= 4 is 27.3 Å². The second-order valence-electron chi connectivity index (χ2n) is 3.85. The van der Waals surface area contributed by atoms with Gasteiger partial charge in [-0.25, -0.2) is 0 Å². The summed E-state index contributed by atoms with van der Waals surface area (Å²) in [5.41, 5.74) is 0. The Bertz CT molecular complexity index is 297. The standard InChI is InChI=1S/C10H13BrOS/c1-6-4-8(6)9(12)5-7-2-3-10(11)13-7/h2-3,6,8-9,12H,4-5H2,1H3. The molecule has 0 aromatic carbocycles. The van der Waals surface area contributed by atoms with Crippen molar-refractivity contribution in [2.45, 2.75) is 25.9 Å². The highest BCUT2D eigenvalue weighted by Crippen LogP contribution is 2.41. The van der Waals surface area contributed by atoms with E-state index in [1.165, 1.54) is 11.3 Å². The zero-order chi connectivity index (χ0) is 9.42. The van der Waals surface area contributed by atoms with Gasteiger partial charge in [-0.05, 0) is 46.3 Å². The zero-order valence-electron chi connectivity index (χ0n) is 7.53. The molecule has 0 spiro atoms. The number of thiophene rings is 1. The van der Waals surface area contributed by atoms with Gasteiger partial charge in [0.15, 0.2) is 0 Å². The lowest BCUT2D eigenvalue weighted by molar-refractivity contribution is 0.147. The normalized spacial score (nSPS) is 28.8. The first-order valence-electron chi connectivity index (χ1n) is 4.59. The molecule has 3 unspecified atom stereocenters. The van der Waals surface area contributed by atoms with Crippen molar-refractivity contribution < 1.29 is 5.11 Å². The van der Waals surface area contributed by atoms with Crippen molar-refractivity contribution in [2.24, 2.45) is 11.8 Å². The van der Waals surface area contributed by atoms with Crippen LogP contribution in [0, 0.1) is 11.8 Å². The molecular formula is C10H13BrOS. The fourth-order valence-electron chi connectivity index (χ4n) is 1.71. The molecule has 1 aliphatic carbocycles. The van der Waals surface area contributed by atoms with E-state index in [1.807, 2.05) is 6.07 Å². The van der Waals surface area contributed by atoms with Crippen molar-refractivity contribution in [3.8, 4) is 0 Å². The molecule has 1 saturated carbocycles. The molecule has 2 rings (SSSR count). The molecule has 1 heterocycles. The van der Waals surface area contributed by atoms with Gasteiger partial charge in [0, 0.05) is 11.3 Å². The maximum absolute atomic E-state index is 9.81. The average molecular weight is 261 g/mol. The summed E-state index contributed by atoms with van der Waals surface area (Å²) in [6.45, 7) is 2.21. The van der Waals surface area contributed by atoms with E-state index >= 15 is 0 Å². The summed E-state index contributed by atoms with van der Waals surface area (Å²) in [4.78, 5) is 1.28. The van der Waals surface area contributed by atoms with Crippen molar-refractivity contribution in [1.29, 1.82) is 0 Å². The minimum Gasteiger partial charge on any atom is -0.392 e. The molecule has 0 radical (unpaired) electrons. The quantitative estimate of drug-likeness (QED) is 0.886. The van der Waals surface area contributed by atoms with Crippen LogP contribution in [0.2, 0.25) is 0 Å². The number of aliphatic hydroxyl groups excluding tert-OH is 1. The number of halogens is 1. The lowest BCUT2D eigenvalue weighted by atomic mass is 10.1. The van der Waals surface area contributed by atoms with Crippen LogP contribution < -0.4 is 0 Å². The van der Waals surface area contributed by atoms with Crippen molar-refractivity contribution in [3.63, 3.8) is 0 Å². The van der Waals surface area contributed by atoms with E-state index in [1.54, 1.807) is 11.3 Å². The SMILES string of the molecule is CC1CC1C(O)Cc1ccc(Br)s1. The Balaban J connectivity index is 1.91. The molecule has 1 N–H and O–H groups in total. The Labute approximate surface area is 90.9 Å². The molecule has 1 aromatic rings. The first-order valence-corrected chi connectivity index (χ1v) is 6.20. The van der Waals surface area contributed by atoms with Gasteiger partial charge in [-0.15, -0.1) is 11.3 Å². The molecular weight excluding hydrogens is 248 g/mol. The van der Waals surface area contributed by atoms with E-state index in [9.17, 15) is 5.11 Å². The molecule has 0 bridgehead atoms. The van der Waals surface area contributed by atoms with E-state index in [4.69, 9.17) is 0 Å². The molecule has 1 aromatic heterocycles. The van der Waals surface area contributed by atoms with Gasteiger partial charge in [-0.1, -0.05) is 6.92 Å². The third-order valence-corrected chi connectivity index (χ3v) is 4.35. The fraction of sp³-hybridized carbons (Fsp3) is 0.600. The van der Waals surface area contributed by atoms with Gasteiger partial charge in [0.25, 0.3) is 0 Å². The monoisotopic (exact) mass is 260 g/mol. The van der Waals surface area contributed by atoms with Gasteiger partial charge in [0.2, 0.25) is 0 Å². The Hall–Kier alpha value is 0.140. The number of hydrogen-bond donors (Lipinski definition) is 1. The van der Waals surface area contributed by atoms with Crippen molar-refractivity contribution in [2.75, 3.05) is 0 Å². The summed E-state index contributed by atoms with van der Waals surface area (Å²) >= 11 is 5.14. The van der Waals surface area contributed by atoms with Crippen LogP contribution in [0.25, 0.3) is 0 Å². The van der Waals surface area contributed by atoms with E-state index in [0.717, 1.165) is 16.1 Å². The smallest absolute Gasteiger partial charge is 0.0701 e. The maximum atomic E-state index is 9.81. The molecule has 1 fully saturated rings. The molecule has 13 heavy (non-hydrogen) atoms. The van der Waals surface area contributed by atoms with Gasteiger partial charge in [0.1, 0.15) is 0 Å². The van der Waals surface area contributed by atoms with E-state index < -0.39 is 0 Å². The summed E-state index contributed by atoms with van der Waals surface area (Å²) in [5.74, 6) is 1.29. The van der Waals surface area contributed by atoms with Gasteiger partial charge >= 0.3 is 0 Å². The third kappa shape index (κ3) is 2.33. The Morgan fingerprint density at radius 2 is 2.38 bits per heavy atom. The van der Waals surface area contributed by atoms with E-state index in [2.05, 4.69) is 28.9 Å². The number of hydrogen-bond acceptors (Lipinski definition) is 2. The molecule has 0 saturated heterocycles. The Morgan fingerprint density at radius 1 is 1.69 bits per heavy atom. The highest BCUT2D eigenvalue weighted by molar-refractivity contribution is 9.11. The highest BCUT2D eigenvalue weighted by Gasteiger charge is 2.38. The zero-order valence-corrected chi connectivity index (χ0v) is 9.94. The van der Waals surface area contributed by atoms with Crippen LogP contribution in [-0.4, -0.2) is 11.2 Å². The van der Waals surface area contributed by atoms with Crippen molar-refractivity contribution in [3.05, 3.63) is 20.8 Å². The number of rotatable bonds is 3. The summed E-state index contributed by atoms with van der Waals surface area (Å²) in [6, 6.07) is 4.13. The van der Waals surface area contributed by atoms with Crippen LogP contribution in [0.1, 0.15) is 18.2 Å². The third-order valence-electron chi connectivity index (χ3n) is 2.71. The Morgan fingerprint density at radius 3 is 2.85 bits per heavy atom. The lowest BCUT2D eigenvalue weighted by Crippen LogP contribution is -2.12.